The number of hydrogen-bond acceptors (Lipinski definition) is 3. The summed E-state index contributed by atoms with van der Waals surface area (Å²) in [5.74, 6) is 0.136. The first-order chi connectivity index (χ1) is 11.1. The van der Waals surface area contributed by atoms with Gasteiger partial charge in [-0.2, -0.15) is 0 Å². The highest BCUT2D eigenvalue weighted by Gasteiger charge is 2.63. The van der Waals surface area contributed by atoms with Crippen LogP contribution in [-0.4, -0.2) is 32.6 Å². The molecular weight excluding hydrogens is 320 g/mol. The molecule has 5 heteroatoms. The second kappa shape index (κ2) is 5.68. The molecule has 0 bridgehead atoms. The number of fused-ring (bicyclic) bond motifs is 1. The molecule has 24 heavy (non-hydrogen) atoms. The predicted octanol–water partition coefficient (Wildman–Crippen LogP) is 3.46. The highest BCUT2D eigenvalue weighted by atomic mass is 32.1. The van der Waals surface area contributed by atoms with E-state index in [4.69, 9.17) is 18.0 Å². The molecule has 2 atom stereocenters. The molecule has 0 radical (unpaired) electrons. The molecule has 3 aliphatic carbocycles. The quantitative estimate of drug-likeness (QED) is 0.536. The molecule has 0 aromatic carbocycles. The monoisotopic (exact) mass is 348 g/mol. The van der Waals surface area contributed by atoms with Crippen molar-refractivity contribution in [3.05, 3.63) is 33.9 Å². The van der Waals surface area contributed by atoms with Crippen LogP contribution in [0.3, 0.4) is 0 Å². The molecule has 0 amide bonds. The first-order valence-electron chi connectivity index (χ1n) is 8.75. The van der Waals surface area contributed by atoms with Crippen molar-refractivity contribution in [3.63, 3.8) is 0 Å². The van der Waals surface area contributed by atoms with E-state index >= 15 is 0 Å². The lowest BCUT2D eigenvalue weighted by Gasteiger charge is -2.46. The third-order valence-corrected chi connectivity index (χ3v) is 6.82. The average molecular weight is 349 g/mol. The minimum atomic E-state index is -0.671. The van der Waals surface area contributed by atoms with E-state index in [1.807, 2.05) is 6.92 Å². The summed E-state index contributed by atoms with van der Waals surface area (Å²) < 4.78 is 0. The third kappa shape index (κ3) is 2.37. The second-order valence-electron chi connectivity index (χ2n) is 7.78. The summed E-state index contributed by atoms with van der Waals surface area (Å²) in [6.45, 7) is 8.93. The summed E-state index contributed by atoms with van der Waals surface area (Å²) in [6.07, 6.45) is 6.06. The Balaban J connectivity index is 1.87. The standard InChI is InChI=1S/C19H28N2O2S/c1-11-10-15-12(2)18(4,22)19(7-8-19)13(3)16(15)14(11)6-5-9-21(23)17(20)24/h10,12,22-23H,5-9H2,1-4H3,(H2,20,24)/t12?,18-/m0/s1. The van der Waals surface area contributed by atoms with Crippen molar-refractivity contribution in [1.29, 1.82) is 0 Å². The molecule has 0 saturated heterocycles. The molecule has 0 aromatic heterocycles. The van der Waals surface area contributed by atoms with E-state index in [0.717, 1.165) is 30.7 Å². The maximum absolute atomic E-state index is 11.2. The van der Waals surface area contributed by atoms with Crippen molar-refractivity contribution in [2.45, 2.75) is 59.0 Å². The topological polar surface area (TPSA) is 69.7 Å². The molecular formula is C19H28N2O2S. The average Bonchev–Trinajstić information content (AvgIpc) is 3.26. The number of hydrogen-bond donors (Lipinski definition) is 3. The van der Waals surface area contributed by atoms with Crippen LogP contribution in [0.4, 0.5) is 0 Å². The zero-order chi connectivity index (χ0) is 17.9. The Bertz CT molecular complexity index is 683. The molecule has 0 heterocycles. The number of hydroxylamine groups is 2. The van der Waals surface area contributed by atoms with Crippen LogP contribution >= 0.6 is 12.2 Å². The van der Waals surface area contributed by atoms with E-state index in [1.54, 1.807) is 0 Å². The molecule has 1 saturated carbocycles. The van der Waals surface area contributed by atoms with Crippen LogP contribution in [0.25, 0.3) is 0 Å². The van der Waals surface area contributed by atoms with Crippen LogP contribution in [0.1, 0.15) is 53.4 Å². The predicted molar refractivity (Wildman–Crippen MR) is 99.4 cm³/mol. The van der Waals surface area contributed by atoms with E-state index in [1.165, 1.54) is 27.9 Å². The Labute approximate surface area is 149 Å². The van der Waals surface area contributed by atoms with Crippen LogP contribution in [0, 0.1) is 11.3 Å². The number of rotatable bonds is 4. The minimum Gasteiger partial charge on any atom is -0.389 e. The lowest BCUT2D eigenvalue weighted by molar-refractivity contribution is -0.0394. The fourth-order valence-electron chi connectivity index (χ4n) is 4.73. The second-order valence-corrected chi connectivity index (χ2v) is 8.20. The highest BCUT2D eigenvalue weighted by molar-refractivity contribution is 7.80. The smallest absolute Gasteiger partial charge is 0.190 e. The summed E-state index contributed by atoms with van der Waals surface area (Å²) >= 11 is 4.77. The summed E-state index contributed by atoms with van der Waals surface area (Å²) in [7, 11) is 0. The van der Waals surface area contributed by atoms with Crippen molar-refractivity contribution < 1.29 is 10.3 Å². The summed E-state index contributed by atoms with van der Waals surface area (Å²) in [6, 6.07) is 0. The van der Waals surface area contributed by atoms with Crippen LogP contribution < -0.4 is 5.73 Å². The first kappa shape index (κ1) is 17.6. The lowest BCUT2D eigenvalue weighted by Crippen LogP contribution is -2.47. The van der Waals surface area contributed by atoms with Gasteiger partial charge in [0.25, 0.3) is 0 Å². The number of aliphatic hydroxyl groups is 1. The van der Waals surface area contributed by atoms with E-state index in [2.05, 4.69) is 26.8 Å². The molecule has 3 aliphatic rings. The van der Waals surface area contributed by atoms with Gasteiger partial charge in [-0.05, 0) is 81.0 Å². The molecule has 1 unspecified atom stereocenters. The fourth-order valence-corrected chi connectivity index (χ4v) is 4.82. The Kier molecular flexibility index (Phi) is 4.18. The molecule has 1 spiro atoms. The number of nitrogens with two attached hydrogens (primary N) is 1. The molecule has 1 fully saturated rings. The zero-order valence-corrected chi connectivity index (χ0v) is 15.8. The van der Waals surface area contributed by atoms with Gasteiger partial charge in [0.15, 0.2) is 5.11 Å². The number of thiocarbonyl (C=S) groups is 1. The fraction of sp³-hybridized carbons (Fsp3) is 0.632. The van der Waals surface area contributed by atoms with Crippen molar-refractivity contribution in [2.75, 3.05) is 6.54 Å². The molecule has 4 N–H and O–H groups in total. The van der Waals surface area contributed by atoms with Gasteiger partial charge in [0.05, 0.1) is 5.60 Å². The Hall–Kier alpha value is -1.17. The third-order valence-electron chi connectivity index (χ3n) is 6.61. The maximum Gasteiger partial charge on any atom is 0.190 e. The molecule has 3 rings (SSSR count). The van der Waals surface area contributed by atoms with Gasteiger partial charge in [-0.25, -0.2) is 5.06 Å². The highest BCUT2D eigenvalue weighted by Crippen LogP contribution is 2.67. The van der Waals surface area contributed by atoms with Gasteiger partial charge in [0.2, 0.25) is 0 Å². The van der Waals surface area contributed by atoms with Crippen LogP contribution in [0.15, 0.2) is 33.9 Å². The Morgan fingerprint density at radius 3 is 2.58 bits per heavy atom. The van der Waals surface area contributed by atoms with Crippen LogP contribution in [0.2, 0.25) is 0 Å². The van der Waals surface area contributed by atoms with E-state index < -0.39 is 5.60 Å². The normalized spacial score (nSPS) is 30.6. The van der Waals surface area contributed by atoms with E-state index in [-0.39, 0.29) is 16.4 Å². The first-order valence-corrected chi connectivity index (χ1v) is 9.16. The van der Waals surface area contributed by atoms with Crippen molar-refractivity contribution >= 4 is 17.3 Å². The van der Waals surface area contributed by atoms with Crippen molar-refractivity contribution in [2.24, 2.45) is 17.1 Å². The van der Waals surface area contributed by atoms with Gasteiger partial charge in [-0.15, -0.1) is 0 Å². The number of allylic oxidation sites excluding steroid dienone is 4. The zero-order valence-electron chi connectivity index (χ0n) is 15.0. The number of nitrogens with zero attached hydrogens (tertiary/aromatic N) is 1. The van der Waals surface area contributed by atoms with Gasteiger partial charge in [-0.3, -0.25) is 5.21 Å². The van der Waals surface area contributed by atoms with Gasteiger partial charge < -0.3 is 10.8 Å². The molecule has 132 valence electrons. The van der Waals surface area contributed by atoms with Gasteiger partial charge >= 0.3 is 0 Å². The molecule has 0 aliphatic heterocycles. The largest absolute Gasteiger partial charge is 0.389 e. The van der Waals surface area contributed by atoms with Gasteiger partial charge in [0, 0.05) is 17.9 Å². The summed E-state index contributed by atoms with van der Waals surface area (Å²) in [5.41, 5.74) is 11.3. The van der Waals surface area contributed by atoms with Crippen LogP contribution in [-0.2, 0) is 0 Å². The molecule has 0 aromatic rings. The van der Waals surface area contributed by atoms with Gasteiger partial charge in [-0.1, -0.05) is 18.6 Å². The van der Waals surface area contributed by atoms with Crippen molar-refractivity contribution in [3.8, 4) is 0 Å². The van der Waals surface area contributed by atoms with Crippen LogP contribution in [0.5, 0.6) is 0 Å². The maximum atomic E-state index is 11.2. The Morgan fingerprint density at radius 2 is 2.04 bits per heavy atom. The SMILES string of the molecule is CC1=C(CCCN(O)C(N)=S)C2=C(C)C3(CC3)[C@@](C)(O)C(C)C2=C1. The summed E-state index contributed by atoms with van der Waals surface area (Å²) in [5, 5.41) is 21.8. The van der Waals surface area contributed by atoms with Crippen molar-refractivity contribution in [1.82, 2.24) is 5.06 Å². The van der Waals surface area contributed by atoms with E-state index in [0.29, 0.717) is 6.54 Å². The molecule has 4 nitrogen and oxygen atoms in total. The minimum absolute atomic E-state index is 0.0144. The lowest BCUT2D eigenvalue weighted by atomic mass is 9.62. The van der Waals surface area contributed by atoms with Gasteiger partial charge in [0.1, 0.15) is 0 Å². The Morgan fingerprint density at radius 1 is 1.42 bits per heavy atom. The van der Waals surface area contributed by atoms with E-state index in [9.17, 15) is 10.3 Å². The summed E-state index contributed by atoms with van der Waals surface area (Å²) in [4.78, 5) is 0.